The van der Waals surface area contributed by atoms with Gasteiger partial charge >= 0.3 is 0 Å². The van der Waals surface area contributed by atoms with Gasteiger partial charge in [-0.3, -0.25) is 4.79 Å². The highest BCUT2D eigenvalue weighted by molar-refractivity contribution is 5.77. The minimum absolute atomic E-state index is 0.0327. The Bertz CT molecular complexity index is 397. The number of hydrogen-bond acceptors (Lipinski definition) is 4. The molecule has 1 N–H and O–H groups in total. The van der Waals surface area contributed by atoms with Crippen LogP contribution in [-0.4, -0.2) is 43.2 Å². The van der Waals surface area contributed by atoms with Crippen molar-refractivity contribution in [3.8, 4) is 0 Å². The molecule has 1 aromatic rings. The van der Waals surface area contributed by atoms with Crippen molar-refractivity contribution >= 4 is 11.7 Å². The van der Waals surface area contributed by atoms with Crippen molar-refractivity contribution in [1.82, 2.24) is 10.3 Å². The highest BCUT2D eigenvalue weighted by atomic mass is 16.5. The SMILES string of the molecule is CCOCC(=O)N[C@H]1CCCN(c2ccccn2)C1. The molecule has 0 spiro atoms. The summed E-state index contributed by atoms with van der Waals surface area (Å²) in [5, 5.41) is 3.02. The smallest absolute Gasteiger partial charge is 0.246 e. The Morgan fingerprint density at radius 3 is 3.21 bits per heavy atom. The van der Waals surface area contributed by atoms with Crippen molar-refractivity contribution in [1.29, 1.82) is 0 Å². The molecule has 5 nitrogen and oxygen atoms in total. The fraction of sp³-hybridized carbons (Fsp3) is 0.571. The summed E-state index contributed by atoms with van der Waals surface area (Å²) in [7, 11) is 0. The van der Waals surface area contributed by atoms with E-state index in [1.807, 2.05) is 25.1 Å². The molecular formula is C14H21N3O2. The normalized spacial score (nSPS) is 19.2. The summed E-state index contributed by atoms with van der Waals surface area (Å²) in [6.45, 7) is 4.41. The maximum atomic E-state index is 11.6. The zero-order valence-corrected chi connectivity index (χ0v) is 11.3. The summed E-state index contributed by atoms with van der Waals surface area (Å²) in [6.07, 6.45) is 3.88. The molecule has 1 aromatic heterocycles. The summed E-state index contributed by atoms with van der Waals surface area (Å²) in [4.78, 5) is 18.2. The molecule has 0 bridgehead atoms. The van der Waals surface area contributed by atoms with Crippen LogP contribution in [0.3, 0.4) is 0 Å². The number of hydrogen-bond donors (Lipinski definition) is 1. The fourth-order valence-corrected chi connectivity index (χ4v) is 2.31. The molecule has 104 valence electrons. The minimum Gasteiger partial charge on any atom is -0.372 e. The number of carbonyl (C=O) groups excluding carboxylic acids is 1. The van der Waals surface area contributed by atoms with E-state index in [9.17, 15) is 4.79 Å². The van der Waals surface area contributed by atoms with E-state index in [1.165, 1.54) is 0 Å². The molecule has 0 aromatic carbocycles. The molecule has 1 amide bonds. The van der Waals surface area contributed by atoms with Crippen LogP contribution >= 0.6 is 0 Å². The molecule has 19 heavy (non-hydrogen) atoms. The van der Waals surface area contributed by atoms with Gasteiger partial charge in [0.2, 0.25) is 5.91 Å². The standard InChI is InChI=1S/C14H21N3O2/c1-2-19-11-14(18)16-12-6-5-9-17(10-12)13-7-3-4-8-15-13/h3-4,7-8,12H,2,5-6,9-11H2,1H3,(H,16,18)/t12-/m0/s1. The Morgan fingerprint density at radius 1 is 1.58 bits per heavy atom. The quantitative estimate of drug-likeness (QED) is 0.867. The minimum atomic E-state index is -0.0327. The summed E-state index contributed by atoms with van der Waals surface area (Å²) in [5.74, 6) is 0.945. The van der Waals surface area contributed by atoms with Gasteiger partial charge in [0.1, 0.15) is 12.4 Å². The molecule has 5 heteroatoms. The van der Waals surface area contributed by atoms with Gasteiger partial charge in [-0.1, -0.05) is 6.07 Å². The van der Waals surface area contributed by atoms with Crippen LogP contribution in [0.1, 0.15) is 19.8 Å². The van der Waals surface area contributed by atoms with E-state index < -0.39 is 0 Å². The topological polar surface area (TPSA) is 54.5 Å². The Hall–Kier alpha value is -1.62. The molecule has 1 aliphatic heterocycles. The van der Waals surface area contributed by atoms with Gasteiger partial charge in [-0.15, -0.1) is 0 Å². The lowest BCUT2D eigenvalue weighted by atomic mass is 10.1. The van der Waals surface area contributed by atoms with Gasteiger partial charge in [-0.2, -0.15) is 0 Å². The Kier molecular flexibility index (Phi) is 5.15. The second kappa shape index (κ2) is 7.09. The third kappa shape index (κ3) is 4.21. The molecule has 0 radical (unpaired) electrons. The van der Waals surface area contributed by atoms with E-state index in [0.29, 0.717) is 6.61 Å². The van der Waals surface area contributed by atoms with E-state index in [-0.39, 0.29) is 18.6 Å². The molecule has 0 saturated carbocycles. The number of carbonyl (C=O) groups is 1. The molecule has 1 atom stereocenters. The average molecular weight is 263 g/mol. The van der Waals surface area contributed by atoms with Crippen LogP contribution in [-0.2, 0) is 9.53 Å². The van der Waals surface area contributed by atoms with Crippen LogP contribution in [0.5, 0.6) is 0 Å². The number of rotatable bonds is 5. The van der Waals surface area contributed by atoms with E-state index in [2.05, 4.69) is 15.2 Å². The Labute approximate surface area is 114 Å². The molecule has 2 rings (SSSR count). The van der Waals surface area contributed by atoms with Crippen LogP contribution in [0.2, 0.25) is 0 Å². The maximum Gasteiger partial charge on any atom is 0.246 e. The predicted octanol–water partition coefficient (Wildman–Crippen LogP) is 1.20. The van der Waals surface area contributed by atoms with Gasteiger partial charge < -0.3 is 15.0 Å². The fourth-order valence-electron chi connectivity index (χ4n) is 2.31. The number of anilines is 1. The van der Waals surface area contributed by atoms with Crippen LogP contribution < -0.4 is 10.2 Å². The first-order valence-electron chi connectivity index (χ1n) is 6.82. The zero-order valence-electron chi connectivity index (χ0n) is 11.3. The van der Waals surface area contributed by atoms with Crippen molar-refractivity contribution in [3.63, 3.8) is 0 Å². The molecule has 0 aliphatic carbocycles. The third-order valence-corrected chi connectivity index (χ3v) is 3.20. The second-order valence-electron chi connectivity index (χ2n) is 4.68. The van der Waals surface area contributed by atoms with Crippen molar-refractivity contribution in [2.24, 2.45) is 0 Å². The second-order valence-corrected chi connectivity index (χ2v) is 4.68. The van der Waals surface area contributed by atoms with Crippen molar-refractivity contribution < 1.29 is 9.53 Å². The summed E-state index contributed by atoms with van der Waals surface area (Å²) < 4.78 is 5.11. The molecule has 2 heterocycles. The number of aromatic nitrogens is 1. The van der Waals surface area contributed by atoms with Gasteiger partial charge in [0, 0.05) is 31.9 Å². The van der Waals surface area contributed by atoms with Crippen LogP contribution in [0.25, 0.3) is 0 Å². The van der Waals surface area contributed by atoms with Gasteiger partial charge in [0.15, 0.2) is 0 Å². The highest BCUT2D eigenvalue weighted by Crippen LogP contribution is 2.17. The predicted molar refractivity (Wildman–Crippen MR) is 74.1 cm³/mol. The van der Waals surface area contributed by atoms with Gasteiger partial charge in [-0.05, 0) is 31.9 Å². The van der Waals surface area contributed by atoms with Gasteiger partial charge in [-0.25, -0.2) is 4.98 Å². The number of pyridine rings is 1. The number of amides is 1. The largest absolute Gasteiger partial charge is 0.372 e. The number of nitrogens with zero attached hydrogens (tertiary/aromatic N) is 2. The number of nitrogens with one attached hydrogen (secondary N) is 1. The lowest BCUT2D eigenvalue weighted by Crippen LogP contribution is -2.48. The van der Waals surface area contributed by atoms with Crippen molar-refractivity contribution in [3.05, 3.63) is 24.4 Å². The molecule has 1 aliphatic rings. The Balaban J connectivity index is 1.85. The van der Waals surface area contributed by atoms with E-state index in [4.69, 9.17) is 4.74 Å². The van der Waals surface area contributed by atoms with Crippen molar-refractivity contribution in [2.75, 3.05) is 31.2 Å². The van der Waals surface area contributed by atoms with Gasteiger partial charge in [0.25, 0.3) is 0 Å². The van der Waals surface area contributed by atoms with E-state index >= 15 is 0 Å². The van der Waals surface area contributed by atoms with E-state index in [0.717, 1.165) is 31.7 Å². The first-order valence-corrected chi connectivity index (χ1v) is 6.82. The van der Waals surface area contributed by atoms with Crippen LogP contribution in [0.15, 0.2) is 24.4 Å². The zero-order chi connectivity index (χ0) is 13.5. The first-order chi connectivity index (χ1) is 9.29. The van der Waals surface area contributed by atoms with E-state index in [1.54, 1.807) is 6.20 Å². The van der Waals surface area contributed by atoms with Crippen LogP contribution in [0.4, 0.5) is 5.82 Å². The highest BCUT2D eigenvalue weighted by Gasteiger charge is 2.21. The summed E-state index contributed by atoms with van der Waals surface area (Å²) in [5.41, 5.74) is 0. The molecule has 0 unspecified atom stereocenters. The number of ether oxygens (including phenoxy) is 1. The summed E-state index contributed by atoms with van der Waals surface area (Å²) in [6, 6.07) is 6.09. The number of piperidine rings is 1. The van der Waals surface area contributed by atoms with Gasteiger partial charge in [0.05, 0.1) is 0 Å². The molecule has 1 saturated heterocycles. The monoisotopic (exact) mass is 263 g/mol. The first kappa shape index (κ1) is 13.8. The summed E-state index contributed by atoms with van der Waals surface area (Å²) >= 11 is 0. The average Bonchev–Trinajstić information content (AvgIpc) is 2.46. The molecular weight excluding hydrogens is 242 g/mol. The van der Waals surface area contributed by atoms with Crippen molar-refractivity contribution in [2.45, 2.75) is 25.8 Å². The maximum absolute atomic E-state index is 11.6. The Morgan fingerprint density at radius 2 is 2.47 bits per heavy atom. The van der Waals surface area contributed by atoms with Crippen LogP contribution in [0, 0.1) is 0 Å². The lowest BCUT2D eigenvalue weighted by molar-refractivity contribution is -0.126. The third-order valence-electron chi connectivity index (χ3n) is 3.20. The molecule has 1 fully saturated rings. The lowest BCUT2D eigenvalue weighted by Gasteiger charge is -2.33.